The summed E-state index contributed by atoms with van der Waals surface area (Å²) in [6.07, 6.45) is 5.48. The fraction of sp³-hybridized carbons (Fsp3) is 0.846. The molecule has 0 radical (unpaired) electrons. The molecule has 1 saturated heterocycles. The number of nitrogens with zero attached hydrogens (tertiary/aromatic N) is 1. The summed E-state index contributed by atoms with van der Waals surface area (Å²) < 4.78 is 10.8. The van der Waals surface area contributed by atoms with Gasteiger partial charge in [-0.25, -0.2) is 0 Å². The van der Waals surface area contributed by atoms with Crippen LogP contribution in [0.2, 0.25) is 0 Å². The molecule has 1 aliphatic heterocycles. The highest BCUT2D eigenvalue weighted by atomic mass is 16.5. The molecule has 0 atom stereocenters. The molecule has 0 bridgehead atoms. The summed E-state index contributed by atoms with van der Waals surface area (Å²) >= 11 is 0. The molecule has 0 amide bonds. The van der Waals surface area contributed by atoms with E-state index in [4.69, 9.17) is 9.47 Å². The van der Waals surface area contributed by atoms with Crippen LogP contribution in [0, 0.1) is 5.92 Å². The molecule has 3 nitrogen and oxygen atoms in total. The van der Waals surface area contributed by atoms with E-state index in [-0.39, 0.29) is 0 Å². The summed E-state index contributed by atoms with van der Waals surface area (Å²) in [6, 6.07) is 0. The lowest BCUT2D eigenvalue weighted by Gasteiger charge is -2.26. The van der Waals surface area contributed by atoms with E-state index in [1.54, 1.807) is 0 Å². The van der Waals surface area contributed by atoms with Gasteiger partial charge in [0.25, 0.3) is 0 Å². The largest absolute Gasteiger partial charge is 0.379 e. The Labute approximate surface area is 99.4 Å². The quantitative estimate of drug-likeness (QED) is 0.490. The van der Waals surface area contributed by atoms with Gasteiger partial charge in [0.1, 0.15) is 0 Å². The van der Waals surface area contributed by atoms with Crippen molar-refractivity contribution in [2.24, 2.45) is 5.92 Å². The highest BCUT2D eigenvalue weighted by molar-refractivity contribution is 4.82. The average molecular weight is 227 g/mol. The Bertz CT molecular complexity index is 186. The van der Waals surface area contributed by atoms with E-state index in [9.17, 15) is 0 Å². The van der Waals surface area contributed by atoms with E-state index < -0.39 is 0 Å². The topological polar surface area (TPSA) is 21.7 Å². The van der Waals surface area contributed by atoms with Crippen LogP contribution < -0.4 is 0 Å². The van der Waals surface area contributed by atoms with Gasteiger partial charge in [-0.05, 0) is 12.3 Å². The number of rotatable bonds is 7. The average Bonchev–Trinajstić information content (AvgIpc) is 2.29. The summed E-state index contributed by atoms with van der Waals surface area (Å²) in [5.74, 6) is 0.740. The van der Waals surface area contributed by atoms with Crippen LogP contribution in [0.5, 0.6) is 0 Å². The summed E-state index contributed by atoms with van der Waals surface area (Å²) in [7, 11) is 0. The van der Waals surface area contributed by atoms with E-state index in [1.807, 2.05) is 0 Å². The summed E-state index contributed by atoms with van der Waals surface area (Å²) in [4.78, 5) is 2.39. The molecule has 1 heterocycles. The van der Waals surface area contributed by atoms with Crippen LogP contribution in [0.4, 0.5) is 0 Å². The van der Waals surface area contributed by atoms with E-state index >= 15 is 0 Å². The third-order valence-electron chi connectivity index (χ3n) is 2.64. The van der Waals surface area contributed by atoms with E-state index in [0.717, 1.165) is 58.4 Å². The minimum Gasteiger partial charge on any atom is -0.379 e. The molecule has 0 aliphatic carbocycles. The summed E-state index contributed by atoms with van der Waals surface area (Å²) in [5.41, 5.74) is 0. The lowest BCUT2D eigenvalue weighted by molar-refractivity contribution is 0.0233. The van der Waals surface area contributed by atoms with Crippen molar-refractivity contribution >= 4 is 0 Å². The number of ether oxygens (including phenoxy) is 2. The second-order valence-electron chi connectivity index (χ2n) is 4.63. The third kappa shape index (κ3) is 6.99. The Morgan fingerprint density at radius 1 is 1.25 bits per heavy atom. The van der Waals surface area contributed by atoms with Crippen molar-refractivity contribution in [1.82, 2.24) is 4.90 Å². The molecule has 1 fully saturated rings. The number of hydrogen-bond acceptors (Lipinski definition) is 3. The van der Waals surface area contributed by atoms with Crippen LogP contribution in [-0.2, 0) is 9.47 Å². The minimum absolute atomic E-state index is 0.740. The standard InChI is InChI=1S/C13H25NO2/c1-13(2)5-3-4-9-15-10-6-14-7-11-16-12-8-14/h3-4,13H,5-12H2,1-2H3. The Morgan fingerprint density at radius 3 is 2.69 bits per heavy atom. The fourth-order valence-corrected chi connectivity index (χ4v) is 1.61. The highest BCUT2D eigenvalue weighted by Crippen LogP contribution is 1.99. The first-order chi connectivity index (χ1) is 7.79. The molecular weight excluding hydrogens is 202 g/mol. The first-order valence-electron chi connectivity index (χ1n) is 6.32. The van der Waals surface area contributed by atoms with Gasteiger partial charge in [0.15, 0.2) is 0 Å². The van der Waals surface area contributed by atoms with Crippen molar-refractivity contribution in [3.63, 3.8) is 0 Å². The Morgan fingerprint density at radius 2 is 2.00 bits per heavy atom. The molecule has 16 heavy (non-hydrogen) atoms. The van der Waals surface area contributed by atoms with Crippen molar-refractivity contribution in [3.8, 4) is 0 Å². The van der Waals surface area contributed by atoms with Gasteiger partial charge in [-0.1, -0.05) is 26.0 Å². The zero-order valence-electron chi connectivity index (χ0n) is 10.7. The van der Waals surface area contributed by atoms with Crippen molar-refractivity contribution in [2.75, 3.05) is 46.1 Å². The second-order valence-corrected chi connectivity index (χ2v) is 4.63. The van der Waals surface area contributed by atoms with Gasteiger partial charge < -0.3 is 9.47 Å². The van der Waals surface area contributed by atoms with Crippen molar-refractivity contribution in [1.29, 1.82) is 0 Å². The molecule has 3 heteroatoms. The van der Waals surface area contributed by atoms with Gasteiger partial charge in [0.2, 0.25) is 0 Å². The highest BCUT2D eigenvalue weighted by Gasteiger charge is 2.08. The molecule has 0 aromatic heterocycles. The fourth-order valence-electron chi connectivity index (χ4n) is 1.61. The smallest absolute Gasteiger partial charge is 0.0648 e. The number of allylic oxidation sites excluding steroid dienone is 1. The molecule has 0 N–H and O–H groups in total. The predicted molar refractivity (Wildman–Crippen MR) is 66.7 cm³/mol. The van der Waals surface area contributed by atoms with Crippen LogP contribution in [0.15, 0.2) is 12.2 Å². The third-order valence-corrected chi connectivity index (χ3v) is 2.64. The van der Waals surface area contributed by atoms with Crippen molar-refractivity contribution in [2.45, 2.75) is 20.3 Å². The first-order valence-corrected chi connectivity index (χ1v) is 6.32. The zero-order valence-corrected chi connectivity index (χ0v) is 10.7. The summed E-state index contributed by atoms with van der Waals surface area (Å²) in [6.45, 7) is 10.9. The molecule has 0 aromatic rings. The van der Waals surface area contributed by atoms with Crippen LogP contribution in [0.3, 0.4) is 0 Å². The van der Waals surface area contributed by atoms with E-state index in [1.165, 1.54) is 0 Å². The van der Waals surface area contributed by atoms with E-state index in [0.29, 0.717) is 0 Å². The second kappa shape index (κ2) is 8.74. The van der Waals surface area contributed by atoms with Crippen LogP contribution in [0.1, 0.15) is 20.3 Å². The predicted octanol–water partition coefficient (Wildman–Crippen LogP) is 1.94. The van der Waals surface area contributed by atoms with Gasteiger partial charge in [-0.15, -0.1) is 0 Å². The maximum absolute atomic E-state index is 5.55. The molecule has 0 unspecified atom stereocenters. The molecule has 0 aromatic carbocycles. The van der Waals surface area contributed by atoms with Crippen molar-refractivity contribution < 1.29 is 9.47 Å². The molecule has 1 rings (SSSR count). The van der Waals surface area contributed by atoms with E-state index in [2.05, 4.69) is 30.9 Å². The molecule has 0 spiro atoms. The molecule has 1 aliphatic rings. The van der Waals surface area contributed by atoms with Gasteiger partial charge in [0, 0.05) is 19.6 Å². The monoisotopic (exact) mass is 227 g/mol. The zero-order chi connectivity index (χ0) is 11.6. The lowest BCUT2D eigenvalue weighted by atomic mass is 10.1. The van der Waals surface area contributed by atoms with Crippen LogP contribution >= 0.6 is 0 Å². The lowest BCUT2D eigenvalue weighted by Crippen LogP contribution is -2.38. The van der Waals surface area contributed by atoms with Gasteiger partial charge in [-0.3, -0.25) is 4.90 Å². The summed E-state index contributed by atoms with van der Waals surface area (Å²) in [5, 5.41) is 0. The molecular formula is C13H25NO2. The van der Waals surface area contributed by atoms with Crippen molar-refractivity contribution in [3.05, 3.63) is 12.2 Å². The minimum atomic E-state index is 0.740. The molecule has 0 saturated carbocycles. The normalized spacial score (nSPS) is 18.7. The van der Waals surface area contributed by atoms with Gasteiger partial charge >= 0.3 is 0 Å². The SMILES string of the molecule is CC(C)CC=CCOCCN1CCOCC1. The maximum Gasteiger partial charge on any atom is 0.0648 e. The Balaban J connectivity index is 1.89. The van der Waals surface area contributed by atoms with Crippen LogP contribution in [-0.4, -0.2) is 51.0 Å². The Kier molecular flexibility index (Phi) is 7.47. The van der Waals surface area contributed by atoms with Crippen LogP contribution in [0.25, 0.3) is 0 Å². The number of hydrogen-bond donors (Lipinski definition) is 0. The van der Waals surface area contributed by atoms with Gasteiger partial charge in [-0.2, -0.15) is 0 Å². The number of morpholine rings is 1. The Hall–Kier alpha value is -0.380. The van der Waals surface area contributed by atoms with Gasteiger partial charge in [0.05, 0.1) is 26.4 Å². The first kappa shape index (κ1) is 13.7. The maximum atomic E-state index is 5.55. The molecule has 94 valence electrons.